The van der Waals surface area contributed by atoms with Crippen molar-refractivity contribution in [1.82, 2.24) is 10.2 Å². The molecule has 3 nitrogen and oxygen atoms in total. The van der Waals surface area contributed by atoms with Gasteiger partial charge in [-0.3, -0.25) is 0 Å². The summed E-state index contributed by atoms with van der Waals surface area (Å²) < 4.78 is 0. The maximum absolute atomic E-state index is 9.08. The molecule has 1 rings (SSSR count). The molecule has 3 heteroatoms. The monoisotopic (exact) mass is 242 g/mol. The van der Waals surface area contributed by atoms with E-state index in [2.05, 4.69) is 31.0 Å². The summed E-state index contributed by atoms with van der Waals surface area (Å²) in [5.41, 5.74) is 0. The van der Waals surface area contributed by atoms with Gasteiger partial charge in [0.1, 0.15) is 0 Å². The molecule has 1 aliphatic heterocycles. The first-order valence-electron chi connectivity index (χ1n) is 7.26. The molecule has 1 heterocycles. The largest absolute Gasteiger partial charge is 0.396 e. The molecule has 1 aliphatic rings. The SMILES string of the molecule is CCCN1CCC(NC(CCO)C(C)C)CC1. The fraction of sp³-hybridized carbons (Fsp3) is 1.00. The van der Waals surface area contributed by atoms with Crippen molar-refractivity contribution in [2.75, 3.05) is 26.2 Å². The van der Waals surface area contributed by atoms with Crippen LogP contribution in [0.5, 0.6) is 0 Å². The molecule has 0 amide bonds. The number of aliphatic hydroxyl groups is 1. The minimum absolute atomic E-state index is 0.296. The second-order valence-electron chi connectivity index (χ2n) is 5.65. The Labute approximate surface area is 107 Å². The van der Waals surface area contributed by atoms with Gasteiger partial charge in [-0.1, -0.05) is 20.8 Å². The summed E-state index contributed by atoms with van der Waals surface area (Å²) in [5, 5.41) is 12.8. The second-order valence-corrected chi connectivity index (χ2v) is 5.65. The van der Waals surface area contributed by atoms with Crippen LogP contribution in [-0.4, -0.2) is 48.3 Å². The van der Waals surface area contributed by atoms with Crippen LogP contribution in [0.3, 0.4) is 0 Å². The molecule has 2 N–H and O–H groups in total. The molecule has 0 spiro atoms. The van der Waals surface area contributed by atoms with Gasteiger partial charge in [0.25, 0.3) is 0 Å². The van der Waals surface area contributed by atoms with E-state index in [0.717, 1.165) is 6.42 Å². The van der Waals surface area contributed by atoms with E-state index in [-0.39, 0.29) is 0 Å². The molecule has 1 atom stereocenters. The fourth-order valence-electron chi connectivity index (χ4n) is 2.69. The molecule has 1 fully saturated rings. The molecular formula is C14H30N2O. The maximum atomic E-state index is 9.08. The van der Waals surface area contributed by atoms with Crippen molar-refractivity contribution in [3.05, 3.63) is 0 Å². The average Bonchev–Trinajstić information content (AvgIpc) is 2.31. The molecule has 102 valence electrons. The summed E-state index contributed by atoms with van der Waals surface area (Å²) in [4.78, 5) is 2.56. The van der Waals surface area contributed by atoms with Crippen molar-refractivity contribution >= 4 is 0 Å². The molecule has 0 aromatic heterocycles. The predicted octanol–water partition coefficient (Wildman–Crippen LogP) is 1.86. The van der Waals surface area contributed by atoms with Crippen LogP contribution in [0.1, 0.15) is 46.5 Å². The van der Waals surface area contributed by atoms with Crippen LogP contribution in [0.4, 0.5) is 0 Å². The lowest BCUT2D eigenvalue weighted by molar-refractivity contribution is 0.173. The van der Waals surface area contributed by atoms with E-state index in [1.165, 1.54) is 38.9 Å². The minimum atomic E-state index is 0.296. The molecular weight excluding hydrogens is 212 g/mol. The Morgan fingerprint density at radius 2 is 1.94 bits per heavy atom. The van der Waals surface area contributed by atoms with Crippen molar-refractivity contribution in [3.8, 4) is 0 Å². The van der Waals surface area contributed by atoms with Crippen LogP contribution in [0.15, 0.2) is 0 Å². The molecule has 17 heavy (non-hydrogen) atoms. The third kappa shape index (κ3) is 5.36. The van der Waals surface area contributed by atoms with Crippen LogP contribution < -0.4 is 5.32 Å². The third-order valence-corrected chi connectivity index (χ3v) is 3.82. The van der Waals surface area contributed by atoms with Gasteiger partial charge in [-0.2, -0.15) is 0 Å². The smallest absolute Gasteiger partial charge is 0.0445 e. The molecule has 0 aromatic rings. The van der Waals surface area contributed by atoms with Gasteiger partial charge >= 0.3 is 0 Å². The van der Waals surface area contributed by atoms with E-state index in [0.29, 0.717) is 24.6 Å². The number of nitrogens with zero attached hydrogens (tertiary/aromatic N) is 1. The van der Waals surface area contributed by atoms with Crippen LogP contribution in [0.2, 0.25) is 0 Å². The molecule has 0 aliphatic carbocycles. The lowest BCUT2D eigenvalue weighted by Crippen LogP contribution is -2.48. The van der Waals surface area contributed by atoms with Gasteiger partial charge in [-0.15, -0.1) is 0 Å². The standard InChI is InChI=1S/C14H30N2O/c1-4-8-16-9-5-13(6-10-16)15-14(7-11-17)12(2)3/h12-15,17H,4-11H2,1-3H3. The zero-order valence-corrected chi connectivity index (χ0v) is 11.8. The lowest BCUT2D eigenvalue weighted by atomic mass is 9.97. The number of aliphatic hydroxyl groups excluding tert-OH is 1. The van der Waals surface area contributed by atoms with Crippen molar-refractivity contribution in [1.29, 1.82) is 0 Å². The molecule has 0 saturated carbocycles. The number of likely N-dealkylation sites (tertiary alicyclic amines) is 1. The van der Waals surface area contributed by atoms with Gasteiger partial charge in [0.2, 0.25) is 0 Å². The molecule has 0 bridgehead atoms. The van der Waals surface area contributed by atoms with Gasteiger partial charge in [-0.25, -0.2) is 0 Å². The summed E-state index contributed by atoms with van der Waals surface area (Å²) in [5.74, 6) is 0.607. The Morgan fingerprint density at radius 3 is 2.41 bits per heavy atom. The predicted molar refractivity (Wildman–Crippen MR) is 73.2 cm³/mol. The minimum Gasteiger partial charge on any atom is -0.396 e. The Morgan fingerprint density at radius 1 is 1.29 bits per heavy atom. The Kier molecular flexibility index (Phi) is 7.09. The topological polar surface area (TPSA) is 35.5 Å². The maximum Gasteiger partial charge on any atom is 0.0445 e. The number of rotatable bonds is 7. The van der Waals surface area contributed by atoms with E-state index in [4.69, 9.17) is 5.11 Å². The van der Waals surface area contributed by atoms with E-state index in [1.807, 2.05) is 0 Å². The first-order chi connectivity index (χ1) is 8.17. The van der Waals surface area contributed by atoms with Gasteiger partial charge in [0.15, 0.2) is 0 Å². The van der Waals surface area contributed by atoms with Gasteiger partial charge in [-0.05, 0) is 51.2 Å². The molecule has 1 saturated heterocycles. The summed E-state index contributed by atoms with van der Waals surface area (Å²) >= 11 is 0. The van der Waals surface area contributed by atoms with Gasteiger partial charge in [0, 0.05) is 18.7 Å². The zero-order valence-electron chi connectivity index (χ0n) is 11.8. The zero-order chi connectivity index (χ0) is 12.7. The summed E-state index contributed by atoms with van der Waals surface area (Å²) in [6.45, 7) is 10.7. The normalized spacial score (nSPS) is 21.0. The van der Waals surface area contributed by atoms with E-state index in [9.17, 15) is 0 Å². The van der Waals surface area contributed by atoms with Crippen LogP contribution in [-0.2, 0) is 0 Å². The molecule has 0 radical (unpaired) electrons. The first kappa shape index (κ1) is 14.9. The van der Waals surface area contributed by atoms with E-state index in [1.54, 1.807) is 0 Å². The summed E-state index contributed by atoms with van der Waals surface area (Å²) in [6, 6.07) is 1.13. The van der Waals surface area contributed by atoms with Crippen LogP contribution >= 0.6 is 0 Å². The van der Waals surface area contributed by atoms with Crippen molar-refractivity contribution in [2.45, 2.75) is 58.5 Å². The van der Waals surface area contributed by atoms with Crippen LogP contribution in [0.25, 0.3) is 0 Å². The lowest BCUT2D eigenvalue weighted by Gasteiger charge is -2.35. The highest BCUT2D eigenvalue weighted by molar-refractivity contribution is 4.81. The highest BCUT2D eigenvalue weighted by Gasteiger charge is 2.22. The number of piperidine rings is 1. The highest BCUT2D eigenvalue weighted by atomic mass is 16.3. The van der Waals surface area contributed by atoms with Gasteiger partial charge in [0.05, 0.1) is 0 Å². The quantitative estimate of drug-likeness (QED) is 0.715. The summed E-state index contributed by atoms with van der Waals surface area (Å²) in [7, 11) is 0. The second kappa shape index (κ2) is 8.06. The summed E-state index contributed by atoms with van der Waals surface area (Å²) in [6.07, 6.45) is 4.66. The van der Waals surface area contributed by atoms with Gasteiger partial charge < -0.3 is 15.3 Å². The number of nitrogens with one attached hydrogen (secondary N) is 1. The average molecular weight is 242 g/mol. The molecule has 0 aromatic carbocycles. The Hall–Kier alpha value is -0.120. The fourth-order valence-corrected chi connectivity index (χ4v) is 2.69. The van der Waals surface area contributed by atoms with Crippen molar-refractivity contribution < 1.29 is 5.11 Å². The van der Waals surface area contributed by atoms with E-state index < -0.39 is 0 Å². The number of hydrogen-bond acceptors (Lipinski definition) is 3. The highest BCUT2D eigenvalue weighted by Crippen LogP contribution is 2.14. The van der Waals surface area contributed by atoms with Crippen molar-refractivity contribution in [2.24, 2.45) is 5.92 Å². The van der Waals surface area contributed by atoms with E-state index >= 15 is 0 Å². The Bertz CT molecular complexity index is 189. The Balaban J connectivity index is 2.28. The third-order valence-electron chi connectivity index (χ3n) is 3.82. The number of hydrogen-bond donors (Lipinski definition) is 2. The first-order valence-corrected chi connectivity index (χ1v) is 7.26. The van der Waals surface area contributed by atoms with Crippen molar-refractivity contribution in [3.63, 3.8) is 0 Å². The molecule has 1 unspecified atom stereocenters. The van der Waals surface area contributed by atoms with Crippen LogP contribution in [0, 0.1) is 5.92 Å².